The van der Waals surface area contributed by atoms with Crippen molar-refractivity contribution in [2.75, 3.05) is 19.6 Å². The SMILES string of the molecule is Fc1ccc(-c2ccc(C3(N[C@@H]4CN5CCC4CC5)CC3)cc2)nc1.O=CO. The molecule has 6 rings (SSSR count). The maximum Gasteiger partial charge on any atom is 0.290 e. The van der Waals surface area contributed by atoms with Gasteiger partial charge < -0.3 is 15.3 Å². The molecule has 3 aliphatic heterocycles. The first-order valence-electron chi connectivity index (χ1n) is 9.94. The van der Waals surface area contributed by atoms with Gasteiger partial charge in [0.05, 0.1) is 11.9 Å². The van der Waals surface area contributed by atoms with Crippen LogP contribution in [0.4, 0.5) is 4.39 Å². The Hall–Kier alpha value is -2.31. The molecule has 4 fully saturated rings. The lowest BCUT2D eigenvalue weighted by molar-refractivity contribution is -0.122. The molecule has 2 N–H and O–H groups in total. The largest absolute Gasteiger partial charge is 0.483 e. The third-order valence-electron chi connectivity index (χ3n) is 6.33. The molecule has 1 atom stereocenters. The molecule has 1 aromatic heterocycles. The van der Waals surface area contributed by atoms with Gasteiger partial charge in [0.15, 0.2) is 0 Å². The van der Waals surface area contributed by atoms with E-state index in [4.69, 9.17) is 9.90 Å². The van der Waals surface area contributed by atoms with Crippen LogP contribution in [0.1, 0.15) is 31.2 Å². The minimum atomic E-state index is -0.293. The van der Waals surface area contributed by atoms with E-state index in [1.165, 1.54) is 63.1 Å². The lowest BCUT2D eigenvalue weighted by atomic mass is 9.83. The Morgan fingerprint density at radius 2 is 1.82 bits per heavy atom. The Balaban J connectivity index is 0.000000604. The monoisotopic (exact) mass is 383 g/mol. The number of benzene rings is 1. The number of fused-ring (bicyclic) bond motifs is 3. The zero-order chi connectivity index (χ0) is 19.6. The summed E-state index contributed by atoms with van der Waals surface area (Å²) in [5.41, 5.74) is 3.43. The fraction of sp³-hybridized carbons (Fsp3) is 0.455. The third kappa shape index (κ3) is 3.93. The van der Waals surface area contributed by atoms with Crippen molar-refractivity contribution in [1.29, 1.82) is 0 Å². The molecule has 0 unspecified atom stereocenters. The molecule has 0 amide bonds. The highest BCUT2D eigenvalue weighted by Crippen LogP contribution is 2.47. The predicted molar refractivity (Wildman–Crippen MR) is 105 cm³/mol. The molecule has 2 bridgehead atoms. The summed E-state index contributed by atoms with van der Waals surface area (Å²) >= 11 is 0. The van der Waals surface area contributed by atoms with Crippen LogP contribution in [0.5, 0.6) is 0 Å². The van der Waals surface area contributed by atoms with Gasteiger partial charge in [0.2, 0.25) is 0 Å². The highest BCUT2D eigenvalue weighted by Gasteiger charge is 2.48. The minimum Gasteiger partial charge on any atom is -0.483 e. The molecule has 1 saturated carbocycles. The van der Waals surface area contributed by atoms with Crippen LogP contribution in [0.15, 0.2) is 42.6 Å². The Morgan fingerprint density at radius 3 is 2.32 bits per heavy atom. The second kappa shape index (κ2) is 7.97. The van der Waals surface area contributed by atoms with Crippen LogP contribution in [0.25, 0.3) is 11.3 Å². The highest BCUT2D eigenvalue weighted by molar-refractivity contribution is 5.59. The zero-order valence-electron chi connectivity index (χ0n) is 15.9. The van der Waals surface area contributed by atoms with Crippen LogP contribution < -0.4 is 5.32 Å². The first-order valence-corrected chi connectivity index (χ1v) is 9.94. The number of pyridine rings is 1. The quantitative estimate of drug-likeness (QED) is 0.794. The summed E-state index contributed by atoms with van der Waals surface area (Å²) in [4.78, 5) is 15.1. The first-order chi connectivity index (χ1) is 13.6. The number of hydrogen-bond donors (Lipinski definition) is 2. The van der Waals surface area contributed by atoms with Gasteiger partial charge in [0, 0.05) is 23.7 Å². The van der Waals surface area contributed by atoms with Crippen LogP contribution in [0.3, 0.4) is 0 Å². The van der Waals surface area contributed by atoms with Gasteiger partial charge >= 0.3 is 0 Å². The number of nitrogens with one attached hydrogen (secondary N) is 1. The third-order valence-corrected chi connectivity index (χ3v) is 6.33. The zero-order valence-corrected chi connectivity index (χ0v) is 15.9. The Morgan fingerprint density at radius 1 is 1.14 bits per heavy atom. The van der Waals surface area contributed by atoms with Crippen molar-refractivity contribution in [2.45, 2.75) is 37.3 Å². The fourth-order valence-electron chi connectivity index (χ4n) is 4.63. The van der Waals surface area contributed by atoms with Gasteiger partial charge in [-0.3, -0.25) is 9.78 Å². The Labute approximate surface area is 164 Å². The molecular weight excluding hydrogens is 357 g/mol. The molecule has 1 aromatic carbocycles. The number of aromatic nitrogens is 1. The van der Waals surface area contributed by atoms with Crippen molar-refractivity contribution in [3.05, 3.63) is 54.0 Å². The molecule has 4 aliphatic rings. The number of nitrogens with zero attached hydrogens (tertiary/aromatic N) is 2. The van der Waals surface area contributed by atoms with E-state index >= 15 is 0 Å². The molecule has 4 heterocycles. The van der Waals surface area contributed by atoms with E-state index < -0.39 is 0 Å². The van der Waals surface area contributed by atoms with Gasteiger partial charge in [0.1, 0.15) is 5.82 Å². The first kappa shape index (κ1) is 19.0. The van der Waals surface area contributed by atoms with Gasteiger partial charge in [-0.1, -0.05) is 24.3 Å². The van der Waals surface area contributed by atoms with Crippen molar-refractivity contribution in [2.24, 2.45) is 5.92 Å². The molecule has 28 heavy (non-hydrogen) atoms. The Kier molecular flexibility index (Phi) is 5.42. The fourth-order valence-corrected chi connectivity index (χ4v) is 4.63. The van der Waals surface area contributed by atoms with Crippen molar-refractivity contribution in [1.82, 2.24) is 15.2 Å². The molecule has 0 spiro atoms. The smallest absolute Gasteiger partial charge is 0.290 e. The Bertz CT molecular complexity index is 798. The normalized spacial score (nSPS) is 26.8. The standard InChI is InChI=1S/C21H24FN3.CH2O2/c22-18-5-6-19(23-13-18)15-1-3-17(4-2-15)21(9-10-21)24-20-14-25-11-7-16(20)8-12-25;2-1-3/h1-6,13,16,20,24H,7-12,14H2;1H,(H,2,3)/t20-;/m1./s1. The molecule has 148 valence electrons. The van der Waals surface area contributed by atoms with Gasteiger partial charge in [-0.15, -0.1) is 0 Å². The van der Waals surface area contributed by atoms with Gasteiger partial charge in [0.25, 0.3) is 6.47 Å². The van der Waals surface area contributed by atoms with E-state index in [0.29, 0.717) is 6.04 Å². The number of carboxylic acid groups (broad SMARTS) is 1. The highest BCUT2D eigenvalue weighted by atomic mass is 19.1. The van der Waals surface area contributed by atoms with Crippen LogP contribution >= 0.6 is 0 Å². The molecule has 1 aliphatic carbocycles. The van der Waals surface area contributed by atoms with Crippen LogP contribution in [0, 0.1) is 11.7 Å². The summed E-state index contributed by atoms with van der Waals surface area (Å²) < 4.78 is 13.0. The van der Waals surface area contributed by atoms with Crippen molar-refractivity contribution in [3.63, 3.8) is 0 Å². The molecule has 3 saturated heterocycles. The number of halogens is 1. The minimum absolute atomic E-state index is 0.179. The summed E-state index contributed by atoms with van der Waals surface area (Å²) in [5.74, 6) is 0.559. The predicted octanol–water partition coefficient (Wildman–Crippen LogP) is 3.26. The van der Waals surface area contributed by atoms with E-state index in [1.54, 1.807) is 6.07 Å². The van der Waals surface area contributed by atoms with E-state index in [2.05, 4.69) is 39.5 Å². The second-order valence-corrected chi connectivity index (χ2v) is 8.02. The van der Waals surface area contributed by atoms with Crippen LogP contribution in [-0.4, -0.2) is 47.1 Å². The van der Waals surface area contributed by atoms with Crippen molar-refractivity contribution < 1.29 is 14.3 Å². The summed E-state index contributed by atoms with van der Waals surface area (Å²) in [6.45, 7) is 3.54. The lowest BCUT2D eigenvalue weighted by Gasteiger charge is -2.46. The van der Waals surface area contributed by atoms with E-state index in [-0.39, 0.29) is 17.8 Å². The topological polar surface area (TPSA) is 65.5 Å². The average Bonchev–Trinajstić information content (AvgIpc) is 3.51. The number of hydrogen-bond acceptors (Lipinski definition) is 4. The number of carbonyl (C=O) groups is 1. The van der Waals surface area contributed by atoms with Gasteiger partial charge in [-0.05, 0) is 62.4 Å². The van der Waals surface area contributed by atoms with Gasteiger partial charge in [-0.2, -0.15) is 0 Å². The average molecular weight is 383 g/mol. The summed E-state index contributed by atoms with van der Waals surface area (Å²) in [7, 11) is 0. The molecule has 5 nitrogen and oxygen atoms in total. The summed E-state index contributed by atoms with van der Waals surface area (Å²) in [5, 5.41) is 10.9. The molecule has 2 aromatic rings. The number of rotatable bonds is 4. The van der Waals surface area contributed by atoms with Crippen LogP contribution in [-0.2, 0) is 10.3 Å². The summed E-state index contributed by atoms with van der Waals surface area (Å²) in [6, 6.07) is 12.5. The maximum absolute atomic E-state index is 13.0. The van der Waals surface area contributed by atoms with Crippen molar-refractivity contribution >= 4 is 6.47 Å². The lowest BCUT2D eigenvalue weighted by Crippen LogP contribution is -2.58. The molecular formula is C22H26FN3O2. The second-order valence-electron chi connectivity index (χ2n) is 8.02. The van der Waals surface area contributed by atoms with E-state index in [9.17, 15) is 4.39 Å². The molecule has 0 radical (unpaired) electrons. The van der Waals surface area contributed by atoms with E-state index in [1.807, 2.05) is 0 Å². The molecule has 6 heteroatoms. The van der Waals surface area contributed by atoms with E-state index in [0.717, 1.165) is 17.2 Å². The summed E-state index contributed by atoms with van der Waals surface area (Å²) in [6.07, 6.45) is 6.43. The van der Waals surface area contributed by atoms with Crippen molar-refractivity contribution in [3.8, 4) is 11.3 Å². The van der Waals surface area contributed by atoms with Gasteiger partial charge in [-0.25, -0.2) is 4.39 Å². The maximum atomic E-state index is 13.0. The van der Waals surface area contributed by atoms with Crippen LogP contribution in [0.2, 0.25) is 0 Å². The number of piperidine rings is 3.